The highest BCUT2D eigenvalue weighted by Gasteiger charge is 2.46. The van der Waals surface area contributed by atoms with Gasteiger partial charge in [0.2, 0.25) is 0 Å². The molecule has 15 nitrogen and oxygen atoms in total. The molecule has 0 aromatic heterocycles. The molecule has 0 saturated heterocycles. The molecule has 2 aliphatic heterocycles. The van der Waals surface area contributed by atoms with E-state index in [2.05, 4.69) is 0 Å². The van der Waals surface area contributed by atoms with E-state index in [0.717, 1.165) is 34.6 Å². The summed E-state index contributed by atoms with van der Waals surface area (Å²) >= 11 is 0. The van der Waals surface area contributed by atoms with Crippen molar-refractivity contribution in [2.24, 2.45) is 0 Å². The van der Waals surface area contributed by atoms with Crippen LogP contribution in [-0.4, -0.2) is 41.8 Å². The van der Waals surface area contributed by atoms with Crippen LogP contribution in [0.3, 0.4) is 0 Å². The predicted octanol–water partition coefficient (Wildman–Crippen LogP) is 3.34. The van der Waals surface area contributed by atoms with Crippen molar-refractivity contribution >= 4 is 41.8 Å². The minimum absolute atomic E-state index is 0.0542. The SMILES string of the molecule is CC(=O)Oc1cc(C)c2c(c1C(OC(C)=O)OC(C)=O)Oc1c(c(C)c(OC(C)=O)c3c1[C@H](OC(C)=O)OC3=O)OC2=O. The molecule has 0 aliphatic carbocycles. The number of rotatable bonds is 6. The largest absolute Gasteiger partial charge is 0.451 e. The topological polar surface area (TPSA) is 193 Å². The van der Waals surface area contributed by atoms with Crippen molar-refractivity contribution < 1.29 is 71.5 Å². The van der Waals surface area contributed by atoms with E-state index in [9.17, 15) is 33.6 Å². The van der Waals surface area contributed by atoms with Crippen molar-refractivity contribution in [3.05, 3.63) is 39.4 Å². The standard InChI is InChI=1S/C28H24O15/c1-9-8-16(36-11(3)29)18(27(38-13(5)31)39-14(6)32)23-17(9)25(34)42-22-10(2)21(37-12(4)30)19-20(24(22)41-23)28(40-15(7)33)43-26(19)35/h8,27-28H,1-7H3/t28-/m1/s1. The van der Waals surface area contributed by atoms with Gasteiger partial charge in [0.1, 0.15) is 22.4 Å². The quantitative estimate of drug-likeness (QED) is 0.266. The van der Waals surface area contributed by atoms with E-state index in [-0.39, 0.29) is 45.1 Å². The van der Waals surface area contributed by atoms with E-state index in [1.807, 2.05) is 0 Å². The molecule has 0 N–H and O–H groups in total. The van der Waals surface area contributed by atoms with Crippen LogP contribution in [0.2, 0.25) is 0 Å². The first-order valence-electron chi connectivity index (χ1n) is 12.5. The Hall–Kier alpha value is -5.47. The fourth-order valence-corrected chi connectivity index (χ4v) is 4.47. The third-order valence-electron chi connectivity index (χ3n) is 5.92. The van der Waals surface area contributed by atoms with Crippen LogP contribution in [0.1, 0.15) is 90.2 Å². The summed E-state index contributed by atoms with van der Waals surface area (Å²) in [5.74, 6) is -8.42. The van der Waals surface area contributed by atoms with Gasteiger partial charge in [0.15, 0.2) is 23.0 Å². The Bertz CT molecular complexity index is 1620. The Morgan fingerprint density at radius 1 is 0.721 bits per heavy atom. The number of ether oxygens (including phenoxy) is 8. The lowest BCUT2D eigenvalue weighted by molar-refractivity contribution is -0.187. The fourth-order valence-electron chi connectivity index (χ4n) is 4.47. The molecule has 226 valence electrons. The first kappa shape index (κ1) is 30.5. The van der Waals surface area contributed by atoms with E-state index in [0.29, 0.717) is 0 Å². The Labute approximate surface area is 242 Å². The summed E-state index contributed by atoms with van der Waals surface area (Å²) in [5.41, 5.74) is -1.27. The lowest BCUT2D eigenvalue weighted by atomic mass is 10.00. The molecule has 4 rings (SSSR count). The number of benzene rings is 2. The average molecular weight is 600 g/mol. The second kappa shape index (κ2) is 11.4. The van der Waals surface area contributed by atoms with Crippen LogP contribution in [0.25, 0.3) is 0 Å². The van der Waals surface area contributed by atoms with Gasteiger partial charge in [-0.1, -0.05) is 0 Å². The molecular weight excluding hydrogens is 576 g/mol. The molecule has 2 heterocycles. The molecule has 43 heavy (non-hydrogen) atoms. The molecule has 0 saturated carbocycles. The third kappa shape index (κ3) is 5.82. The van der Waals surface area contributed by atoms with Crippen molar-refractivity contribution in [1.29, 1.82) is 0 Å². The molecule has 0 unspecified atom stereocenters. The van der Waals surface area contributed by atoms with E-state index in [1.54, 1.807) is 0 Å². The molecule has 2 aliphatic rings. The third-order valence-corrected chi connectivity index (χ3v) is 5.92. The molecule has 2 aromatic rings. The first-order chi connectivity index (χ1) is 20.1. The molecule has 0 fully saturated rings. The Kier molecular flexibility index (Phi) is 8.10. The van der Waals surface area contributed by atoms with Crippen molar-refractivity contribution in [3.63, 3.8) is 0 Å². The van der Waals surface area contributed by atoms with E-state index in [4.69, 9.17) is 37.9 Å². The zero-order chi connectivity index (χ0) is 31.9. The molecule has 15 heteroatoms. The Morgan fingerprint density at radius 2 is 1.33 bits per heavy atom. The maximum Gasteiger partial charge on any atom is 0.347 e. The van der Waals surface area contributed by atoms with E-state index < -0.39 is 71.4 Å². The van der Waals surface area contributed by atoms with Gasteiger partial charge in [-0.25, -0.2) is 9.59 Å². The smallest absolute Gasteiger partial charge is 0.347 e. The predicted molar refractivity (Wildman–Crippen MR) is 136 cm³/mol. The van der Waals surface area contributed by atoms with Gasteiger partial charge in [0.25, 0.3) is 12.6 Å². The number of carbonyl (C=O) groups is 7. The minimum atomic E-state index is -1.91. The normalized spacial score (nSPS) is 14.6. The van der Waals surface area contributed by atoms with Crippen LogP contribution >= 0.6 is 0 Å². The summed E-state index contributed by atoms with van der Waals surface area (Å²) in [5, 5.41) is 0. The zero-order valence-corrected chi connectivity index (χ0v) is 23.9. The number of hydrogen-bond acceptors (Lipinski definition) is 15. The molecule has 2 aromatic carbocycles. The Balaban J connectivity index is 2.13. The van der Waals surface area contributed by atoms with Crippen molar-refractivity contribution in [3.8, 4) is 28.7 Å². The highest BCUT2D eigenvalue weighted by molar-refractivity contribution is 6.03. The molecule has 0 amide bonds. The first-order valence-corrected chi connectivity index (χ1v) is 12.5. The van der Waals surface area contributed by atoms with Crippen molar-refractivity contribution in [2.45, 2.75) is 61.0 Å². The lowest BCUT2D eigenvalue weighted by Gasteiger charge is -2.24. The van der Waals surface area contributed by atoms with Crippen molar-refractivity contribution in [2.75, 3.05) is 0 Å². The summed E-state index contributed by atoms with van der Waals surface area (Å²) in [6, 6.07) is 1.23. The van der Waals surface area contributed by atoms with E-state index in [1.165, 1.54) is 19.9 Å². The summed E-state index contributed by atoms with van der Waals surface area (Å²) in [6.07, 6.45) is -3.66. The van der Waals surface area contributed by atoms with Gasteiger partial charge >= 0.3 is 41.8 Å². The maximum absolute atomic E-state index is 13.6. The van der Waals surface area contributed by atoms with Gasteiger partial charge in [0, 0.05) is 40.2 Å². The second-order valence-electron chi connectivity index (χ2n) is 9.29. The van der Waals surface area contributed by atoms with Crippen molar-refractivity contribution in [1.82, 2.24) is 0 Å². The average Bonchev–Trinajstić information content (AvgIpc) is 3.06. The number of cyclic esters (lactones) is 1. The second-order valence-corrected chi connectivity index (χ2v) is 9.29. The minimum Gasteiger partial charge on any atom is -0.451 e. The van der Waals surface area contributed by atoms with Crippen LogP contribution in [-0.2, 0) is 42.9 Å². The van der Waals surface area contributed by atoms with E-state index >= 15 is 0 Å². The summed E-state index contributed by atoms with van der Waals surface area (Å²) in [6.45, 7) is 8.00. The highest BCUT2D eigenvalue weighted by Crippen LogP contribution is 2.55. The number of fused-ring (bicyclic) bond motifs is 4. The van der Waals surface area contributed by atoms with Crippen LogP contribution in [0, 0.1) is 13.8 Å². The van der Waals surface area contributed by atoms with Crippen LogP contribution in [0.15, 0.2) is 6.07 Å². The molecular formula is C28H24O15. The molecule has 0 spiro atoms. The van der Waals surface area contributed by atoms with Gasteiger partial charge in [-0.3, -0.25) is 24.0 Å². The van der Waals surface area contributed by atoms with Crippen LogP contribution < -0.4 is 18.9 Å². The van der Waals surface area contributed by atoms with Crippen LogP contribution in [0.4, 0.5) is 0 Å². The lowest BCUT2D eigenvalue weighted by Crippen LogP contribution is -2.19. The fraction of sp³-hybridized carbons (Fsp3) is 0.321. The molecule has 0 bridgehead atoms. The number of aryl methyl sites for hydroxylation is 1. The van der Waals surface area contributed by atoms with Gasteiger partial charge in [-0.2, -0.15) is 0 Å². The monoisotopic (exact) mass is 600 g/mol. The summed E-state index contributed by atoms with van der Waals surface area (Å²) < 4.78 is 43.2. The Morgan fingerprint density at radius 3 is 1.86 bits per heavy atom. The summed E-state index contributed by atoms with van der Waals surface area (Å²) in [4.78, 5) is 86.6. The van der Waals surface area contributed by atoms with Gasteiger partial charge < -0.3 is 37.9 Å². The number of esters is 7. The number of hydrogen-bond donors (Lipinski definition) is 0. The molecule has 1 atom stereocenters. The van der Waals surface area contributed by atoms with Gasteiger partial charge in [-0.05, 0) is 25.5 Å². The van der Waals surface area contributed by atoms with Gasteiger partial charge in [0.05, 0.1) is 5.56 Å². The highest BCUT2D eigenvalue weighted by atomic mass is 16.7. The molecule has 0 radical (unpaired) electrons. The maximum atomic E-state index is 13.6. The number of carbonyl (C=O) groups excluding carboxylic acids is 7. The van der Waals surface area contributed by atoms with Crippen LogP contribution in [0.5, 0.6) is 28.7 Å². The zero-order valence-electron chi connectivity index (χ0n) is 23.9. The van der Waals surface area contributed by atoms with Gasteiger partial charge in [-0.15, -0.1) is 0 Å². The summed E-state index contributed by atoms with van der Waals surface area (Å²) in [7, 11) is 0.